The molecule has 1 aliphatic rings. The number of nitrogens with zero attached hydrogens (tertiary/aromatic N) is 1. The van der Waals surface area contributed by atoms with E-state index in [0.717, 1.165) is 32.5 Å². The van der Waals surface area contributed by atoms with E-state index in [1.54, 1.807) is 7.11 Å². The Labute approximate surface area is 180 Å². The number of carbonyl (C=O) groups excluding carboxylic acids is 1. The van der Waals surface area contributed by atoms with Gasteiger partial charge in [-0.1, -0.05) is 30.3 Å². The molecule has 1 atom stereocenters. The van der Waals surface area contributed by atoms with Crippen molar-refractivity contribution in [1.29, 1.82) is 0 Å². The van der Waals surface area contributed by atoms with Gasteiger partial charge in [0, 0.05) is 13.1 Å². The number of carbonyl (C=O) groups is 1. The molecule has 8 heteroatoms. The second kappa shape index (κ2) is 8.64. The summed E-state index contributed by atoms with van der Waals surface area (Å²) in [7, 11) is -2.48. The molecular formula is C23H23FN2O4S. The molecule has 4 rings (SSSR count). The highest BCUT2D eigenvalue weighted by Gasteiger charge is 2.40. The first-order valence-corrected chi connectivity index (χ1v) is 11.4. The number of ether oxygens (including phenoxy) is 1. The standard InChI is InChI=1S/C23H23FN2O4S/c1-30-19-11-10-17-13-16(8-9-18(17)14-19)15-25-23(27)21-6-4-12-26(21)31(28,29)22-7-3-2-5-20(22)24/h2-3,5,7-11,13-14,21H,4,6,12,15H2,1H3,(H,25,27). The topological polar surface area (TPSA) is 75.7 Å². The lowest BCUT2D eigenvalue weighted by Gasteiger charge is -2.23. The summed E-state index contributed by atoms with van der Waals surface area (Å²) in [4.78, 5) is 12.4. The first-order chi connectivity index (χ1) is 14.9. The third-order valence-corrected chi connectivity index (χ3v) is 7.45. The Hall–Kier alpha value is -2.97. The lowest BCUT2D eigenvalue weighted by atomic mass is 10.1. The molecule has 1 unspecified atom stereocenters. The number of fused-ring (bicyclic) bond motifs is 1. The third kappa shape index (κ3) is 4.26. The van der Waals surface area contributed by atoms with Gasteiger partial charge >= 0.3 is 0 Å². The van der Waals surface area contributed by atoms with Crippen LogP contribution in [0.25, 0.3) is 10.8 Å². The fraction of sp³-hybridized carbons (Fsp3) is 0.261. The first-order valence-electron chi connectivity index (χ1n) is 10.0. The predicted octanol–water partition coefficient (Wildman–Crippen LogP) is 3.46. The number of methoxy groups -OCH3 is 1. The molecule has 0 radical (unpaired) electrons. The minimum Gasteiger partial charge on any atom is -0.497 e. The van der Waals surface area contributed by atoms with Gasteiger partial charge in [-0.2, -0.15) is 4.31 Å². The molecule has 0 aliphatic carbocycles. The molecule has 1 amide bonds. The average molecular weight is 443 g/mol. The zero-order valence-corrected chi connectivity index (χ0v) is 17.9. The summed E-state index contributed by atoms with van der Waals surface area (Å²) in [6.07, 6.45) is 0.945. The van der Waals surface area contributed by atoms with Crippen LogP contribution >= 0.6 is 0 Å². The van der Waals surface area contributed by atoms with Crippen molar-refractivity contribution in [2.24, 2.45) is 0 Å². The predicted molar refractivity (Wildman–Crippen MR) is 116 cm³/mol. The molecule has 0 saturated carbocycles. The summed E-state index contributed by atoms with van der Waals surface area (Å²) in [5.41, 5.74) is 0.896. The van der Waals surface area contributed by atoms with Gasteiger partial charge in [-0.15, -0.1) is 0 Å². The molecule has 1 N–H and O–H groups in total. The van der Waals surface area contributed by atoms with E-state index in [4.69, 9.17) is 4.74 Å². The van der Waals surface area contributed by atoms with Crippen LogP contribution < -0.4 is 10.1 Å². The van der Waals surface area contributed by atoms with Crippen molar-refractivity contribution in [2.75, 3.05) is 13.7 Å². The van der Waals surface area contributed by atoms with Crippen LogP contribution in [0, 0.1) is 5.82 Å². The Morgan fingerprint density at radius 2 is 1.87 bits per heavy atom. The molecule has 1 aliphatic heterocycles. The first kappa shape index (κ1) is 21.3. The second-order valence-electron chi connectivity index (χ2n) is 7.47. The third-order valence-electron chi connectivity index (χ3n) is 5.51. The van der Waals surface area contributed by atoms with Crippen molar-refractivity contribution in [2.45, 2.75) is 30.3 Å². The molecule has 0 aromatic heterocycles. The molecule has 162 valence electrons. The molecule has 3 aromatic rings. The van der Waals surface area contributed by atoms with Crippen molar-refractivity contribution in [3.05, 3.63) is 72.0 Å². The molecule has 1 fully saturated rings. The van der Waals surface area contributed by atoms with E-state index in [1.165, 1.54) is 18.2 Å². The van der Waals surface area contributed by atoms with E-state index < -0.39 is 26.8 Å². The number of nitrogens with one attached hydrogen (secondary N) is 1. The Bertz CT molecular complexity index is 1230. The van der Waals surface area contributed by atoms with E-state index in [9.17, 15) is 17.6 Å². The fourth-order valence-corrected chi connectivity index (χ4v) is 5.61. The maximum Gasteiger partial charge on any atom is 0.246 e. The minimum atomic E-state index is -4.10. The highest BCUT2D eigenvalue weighted by atomic mass is 32.2. The van der Waals surface area contributed by atoms with Crippen LogP contribution in [0.15, 0.2) is 65.6 Å². The molecule has 3 aromatic carbocycles. The number of hydrogen-bond donors (Lipinski definition) is 1. The number of halogens is 1. The van der Waals surface area contributed by atoms with Crippen LogP contribution in [0.1, 0.15) is 18.4 Å². The lowest BCUT2D eigenvalue weighted by molar-refractivity contribution is -0.124. The van der Waals surface area contributed by atoms with Gasteiger partial charge in [-0.05, 0) is 59.5 Å². The van der Waals surface area contributed by atoms with Crippen LogP contribution in [0.4, 0.5) is 4.39 Å². The summed E-state index contributed by atoms with van der Waals surface area (Å²) in [5.74, 6) is -0.431. The molecule has 31 heavy (non-hydrogen) atoms. The number of hydrogen-bond acceptors (Lipinski definition) is 4. The quantitative estimate of drug-likeness (QED) is 0.634. The number of rotatable bonds is 6. The summed E-state index contributed by atoms with van der Waals surface area (Å²) >= 11 is 0. The highest BCUT2D eigenvalue weighted by Crippen LogP contribution is 2.28. The molecule has 6 nitrogen and oxygen atoms in total. The van der Waals surface area contributed by atoms with Crippen LogP contribution in [0.5, 0.6) is 5.75 Å². The van der Waals surface area contributed by atoms with Crippen molar-refractivity contribution >= 4 is 26.7 Å². The molecule has 1 saturated heterocycles. The minimum absolute atomic E-state index is 0.187. The summed E-state index contributed by atoms with van der Waals surface area (Å²) in [6.45, 7) is 0.456. The van der Waals surface area contributed by atoms with Crippen LogP contribution in [-0.4, -0.2) is 38.3 Å². The number of sulfonamides is 1. The zero-order valence-electron chi connectivity index (χ0n) is 17.0. The fourth-order valence-electron chi connectivity index (χ4n) is 3.89. The zero-order chi connectivity index (χ0) is 22.0. The summed E-state index contributed by atoms with van der Waals surface area (Å²) in [5, 5.41) is 4.86. The van der Waals surface area contributed by atoms with Crippen LogP contribution in [0.3, 0.4) is 0 Å². The van der Waals surface area contributed by atoms with Gasteiger partial charge in [-0.25, -0.2) is 12.8 Å². The van der Waals surface area contributed by atoms with Gasteiger partial charge in [0.25, 0.3) is 0 Å². The molecule has 1 heterocycles. The average Bonchev–Trinajstić information content (AvgIpc) is 3.28. The van der Waals surface area contributed by atoms with Gasteiger partial charge in [0.05, 0.1) is 7.11 Å². The van der Waals surface area contributed by atoms with Gasteiger partial charge in [0.15, 0.2) is 0 Å². The number of benzene rings is 3. The highest BCUT2D eigenvalue weighted by molar-refractivity contribution is 7.89. The SMILES string of the molecule is COc1ccc2cc(CNC(=O)C3CCCN3S(=O)(=O)c3ccccc3F)ccc2c1. The maximum absolute atomic E-state index is 14.1. The summed E-state index contributed by atoms with van der Waals surface area (Å²) < 4.78 is 46.3. The lowest BCUT2D eigenvalue weighted by Crippen LogP contribution is -2.45. The van der Waals surface area contributed by atoms with E-state index in [0.29, 0.717) is 12.8 Å². The van der Waals surface area contributed by atoms with E-state index in [1.807, 2.05) is 36.4 Å². The smallest absolute Gasteiger partial charge is 0.246 e. The monoisotopic (exact) mass is 442 g/mol. The van der Waals surface area contributed by atoms with Crippen molar-refractivity contribution in [3.8, 4) is 5.75 Å². The molecule has 0 bridgehead atoms. The van der Waals surface area contributed by atoms with Gasteiger partial charge in [-0.3, -0.25) is 4.79 Å². The normalized spacial score (nSPS) is 17.0. The summed E-state index contributed by atoms with van der Waals surface area (Å²) in [6, 6.07) is 15.9. The van der Waals surface area contributed by atoms with Crippen molar-refractivity contribution in [3.63, 3.8) is 0 Å². The molecular weight excluding hydrogens is 419 g/mol. The van der Waals surface area contributed by atoms with Crippen LogP contribution in [-0.2, 0) is 21.4 Å². The van der Waals surface area contributed by atoms with Gasteiger partial charge in [0.2, 0.25) is 15.9 Å². The van der Waals surface area contributed by atoms with E-state index in [-0.39, 0.29) is 19.0 Å². The number of amides is 1. The Balaban J connectivity index is 1.48. The second-order valence-corrected chi connectivity index (χ2v) is 9.33. The van der Waals surface area contributed by atoms with Crippen molar-refractivity contribution in [1.82, 2.24) is 9.62 Å². The van der Waals surface area contributed by atoms with E-state index >= 15 is 0 Å². The molecule has 0 spiro atoms. The maximum atomic E-state index is 14.1. The largest absolute Gasteiger partial charge is 0.497 e. The van der Waals surface area contributed by atoms with Crippen molar-refractivity contribution < 1.29 is 22.3 Å². The van der Waals surface area contributed by atoms with Gasteiger partial charge in [0.1, 0.15) is 22.5 Å². The Morgan fingerprint density at radius 1 is 1.13 bits per heavy atom. The van der Waals surface area contributed by atoms with Gasteiger partial charge < -0.3 is 10.1 Å². The van der Waals surface area contributed by atoms with E-state index in [2.05, 4.69) is 5.32 Å². The van der Waals surface area contributed by atoms with Crippen LogP contribution in [0.2, 0.25) is 0 Å². The Kier molecular flexibility index (Phi) is 5.93. The Morgan fingerprint density at radius 3 is 2.65 bits per heavy atom.